The molecule has 2 aromatic carbocycles. The number of para-hydroxylation sites is 1. The van der Waals surface area contributed by atoms with Crippen molar-refractivity contribution < 1.29 is 9.53 Å². The average Bonchev–Trinajstić information content (AvgIpc) is 3.25. The van der Waals surface area contributed by atoms with E-state index < -0.39 is 0 Å². The number of benzene rings is 2. The number of carbonyl (C=O) groups excluding carboxylic acids is 1. The van der Waals surface area contributed by atoms with Gasteiger partial charge in [0.15, 0.2) is 0 Å². The number of hydrogen-bond donors (Lipinski definition) is 1. The first-order chi connectivity index (χ1) is 15.2. The highest BCUT2D eigenvalue weighted by molar-refractivity contribution is 7.21. The summed E-state index contributed by atoms with van der Waals surface area (Å²) in [4.78, 5) is 25.7. The van der Waals surface area contributed by atoms with Gasteiger partial charge in [0.1, 0.15) is 10.8 Å². The van der Waals surface area contributed by atoms with Gasteiger partial charge in [-0.3, -0.25) is 9.78 Å². The molecule has 0 saturated carbocycles. The molecular weight excluding hydrogens is 408 g/mol. The zero-order valence-electron chi connectivity index (χ0n) is 16.2. The van der Waals surface area contributed by atoms with Crippen LogP contribution in [0.4, 0.5) is 5.69 Å². The van der Waals surface area contributed by atoms with Crippen LogP contribution in [0, 0.1) is 0 Å². The van der Waals surface area contributed by atoms with Crippen LogP contribution in [0.15, 0.2) is 91.4 Å². The topological polar surface area (TPSA) is 77.0 Å². The van der Waals surface area contributed by atoms with E-state index in [1.54, 1.807) is 35.9 Å². The number of hydrogen-bond acceptors (Lipinski definition) is 6. The molecular formula is C24H16N4O2S. The molecule has 0 aliphatic carbocycles. The summed E-state index contributed by atoms with van der Waals surface area (Å²) in [6.07, 6.45) is 5.03. The summed E-state index contributed by atoms with van der Waals surface area (Å²) in [5.41, 5.74) is 2.97. The lowest BCUT2D eigenvalue weighted by Gasteiger charge is -2.08. The van der Waals surface area contributed by atoms with Crippen molar-refractivity contribution in [3.8, 4) is 22.2 Å². The van der Waals surface area contributed by atoms with Gasteiger partial charge in [0, 0.05) is 35.9 Å². The lowest BCUT2D eigenvalue weighted by Crippen LogP contribution is -2.12. The third kappa shape index (κ3) is 4.26. The molecule has 5 rings (SSSR count). The largest absolute Gasteiger partial charge is 0.439 e. The third-order valence-electron chi connectivity index (χ3n) is 4.52. The predicted octanol–water partition coefficient (Wildman–Crippen LogP) is 5.80. The van der Waals surface area contributed by atoms with Crippen LogP contribution in [-0.2, 0) is 0 Å². The van der Waals surface area contributed by atoms with Crippen LogP contribution in [-0.4, -0.2) is 20.9 Å². The van der Waals surface area contributed by atoms with E-state index in [2.05, 4.69) is 20.3 Å². The van der Waals surface area contributed by atoms with Crippen molar-refractivity contribution in [2.45, 2.75) is 0 Å². The molecule has 0 spiro atoms. The highest BCUT2D eigenvalue weighted by atomic mass is 32.1. The minimum absolute atomic E-state index is 0.246. The zero-order valence-corrected chi connectivity index (χ0v) is 17.0. The molecule has 5 aromatic rings. The molecule has 6 nitrogen and oxygen atoms in total. The number of carbonyl (C=O) groups is 1. The van der Waals surface area contributed by atoms with Gasteiger partial charge >= 0.3 is 0 Å². The van der Waals surface area contributed by atoms with Gasteiger partial charge in [-0.2, -0.15) is 0 Å². The van der Waals surface area contributed by atoms with Crippen molar-refractivity contribution in [2.24, 2.45) is 0 Å². The number of fused-ring (bicyclic) bond motifs is 1. The number of ether oxygens (including phenoxy) is 1. The van der Waals surface area contributed by atoms with Gasteiger partial charge in [0.05, 0.1) is 15.8 Å². The molecule has 1 N–H and O–H groups in total. The Morgan fingerprint density at radius 2 is 1.84 bits per heavy atom. The summed E-state index contributed by atoms with van der Waals surface area (Å²) in [7, 11) is 0. The number of aromatic nitrogens is 3. The maximum Gasteiger partial charge on any atom is 0.257 e. The molecule has 0 bridgehead atoms. The van der Waals surface area contributed by atoms with Crippen molar-refractivity contribution in [3.63, 3.8) is 0 Å². The number of nitrogens with one attached hydrogen (secondary N) is 1. The van der Waals surface area contributed by atoms with Crippen molar-refractivity contribution in [1.29, 1.82) is 0 Å². The molecule has 31 heavy (non-hydrogen) atoms. The summed E-state index contributed by atoms with van der Waals surface area (Å²) in [6.45, 7) is 0. The van der Waals surface area contributed by atoms with E-state index in [4.69, 9.17) is 4.74 Å². The Morgan fingerprint density at radius 1 is 0.935 bits per heavy atom. The summed E-state index contributed by atoms with van der Waals surface area (Å²) in [5, 5.41) is 3.79. The predicted molar refractivity (Wildman–Crippen MR) is 122 cm³/mol. The first-order valence-electron chi connectivity index (χ1n) is 9.56. The van der Waals surface area contributed by atoms with E-state index in [0.717, 1.165) is 20.8 Å². The molecule has 3 heterocycles. The highest BCUT2D eigenvalue weighted by Crippen LogP contribution is 2.31. The second-order valence-corrected chi connectivity index (χ2v) is 7.73. The SMILES string of the molecule is O=C(Nc1cccc(-c2nc3ccncc3s2)c1)c1ccc(Oc2ccccc2)nc1. The molecule has 0 atom stereocenters. The Labute approximate surface area is 182 Å². The van der Waals surface area contributed by atoms with E-state index >= 15 is 0 Å². The van der Waals surface area contributed by atoms with E-state index in [0.29, 0.717) is 22.9 Å². The van der Waals surface area contributed by atoms with Crippen molar-refractivity contribution in [2.75, 3.05) is 5.32 Å². The van der Waals surface area contributed by atoms with Crippen LogP contribution >= 0.6 is 11.3 Å². The monoisotopic (exact) mass is 424 g/mol. The molecule has 3 aromatic heterocycles. The standard InChI is InChI=1S/C24H16N4O2S/c29-23(17-9-10-22(26-14-17)30-19-7-2-1-3-8-19)27-18-6-4-5-16(13-18)24-28-20-11-12-25-15-21(20)31-24/h1-15H,(H,27,29). The summed E-state index contributed by atoms with van der Waals surface area (Å²) < 4.78 is 6.69. The Balaban J connectivity index is 1.30. The van der Waals surface area contributed by atoms with Crippen molar-refractivity contribution >= 4 is 33.1 Å². The quantitative estimate of drug-likeness (QED) is 0.386. The van der Waals surface area contributed by atoms with Gasteiger partial charge < -0.3 is 10.1 Å². The number of amides is 1. The number of nitrogens with zero attached hydrogens (tertiary/aromatic N) is 3. The minimum atomic E-state index is -0.246. The van der Waals surface area contributed by atoms with E-state index in [1.807, 2.05) is 60.7 Å². The third-order valence-corrected chi connectivity index (χ3v) is 5.58. The maximum absolute atomic E-state index is 12.7. The van der Waals surface area contributed by atoms with Crippen LogP contribution in [0.25, 0.3) is 20.8 Å². The maximum atomic E-state index is 12.7. The lowest BCUT2D eigenvalue weighted by molar-refractivity contribution is 0.102. The molecule has 0 aliphatic heterocycles. The molecule has 0 saturated heterocycles. The first-order valence-corrected chi connectivity index (χ1v) is 10.4. The molecule has 0 fully saturated rings. The van der Waals surface area contributed by atoms with Gasteiger partial charge in [0.2, 0.25) is 5.88 Å². The van der Waals surface area contributed by atoms with Crippen LogP contribution in [0.3, 0.4) is 0 Å². The van der Waals surface area contributed by atoms with Crippen molar-refractivity contribution in [1.82, 2.24) is 15.0 Å². The molecule has 0 unspecified atom stereocenters. The second-order valence-electron chi connectivity index (χ2n) is 6.70. The zero-order chi connectivity index (χ0) is 21.0. The number of rotatable bonds is 5. The molecule has 0 aliphatic rings. The minimum Gasteiger partial charge on any atom is -0.439 e. The number of anilines is 1. The lowest BCUT2D eigenvalue weighted by atomic mass is 10.2. The second kappa shape index (κ2) is 8.33. The summed E-state index contributed by atoms with van der Waals surface area (Å²) >= 11 is 1.57. The summed E-state index contributed by atoms with van der Waals surface area (Å²) in [6, 6.07) is 22.2. The van der Waals surface area contributed by atoms with Gasteiger partial charge in [-0.15, -0.1) is 11.3 Å². The number of thiazole rings is 1. The van der Waals surface area contributed by atoms with Gasteiger partial charge in [-0.05, 0) is 36.4 Å². The average molecular weight is 424 g/mol. The molecule has 150 valence electrons. The Hall–Kier alpha value is -4.10. The Morgan fingerprint density at radius 3 is 2.65 bits per heavy atom. The Kier molecular flexibility index (Phi) is 5.08. The fourth-order valence-corrected chi connectivity index (χ4v) is 3.95. The number of pyridine rings is 2. The normalized spacial score (nSPS) is 10.7. The van der Waals surface area contributed by atoms with Crippen LogP contribution in [0.2, 0.25) is 0 Å². The molecule has 0 radical (unpaired) electrons. The first kappa shape index (κ1) is 18.9. The van der Waals surface area contributed by atoms with Crippen LogP contribution < -0.4 is 10.1 Å². The molecule has 7 heteroatoms. The van der Waals surface area contributed by atoms with Crippen molar-refractivity contribution in [3.05, 3.63) is 97.0 Å². The smallest absolute Gasteiger partial charge is 0.257 e. The fraction of sp³-hybridized carbons (Fsp3) is 0. The van der Waals surface area contributed by atoms with E-state index in [9.17, 15) is 4.79 Å². The molecule has 1 amide bonds. The fourth-order valence-electron chi connectivity index (χ4n) is 3.02. The van der Waals surface area contributed by atoms with Gasteiger partial charge in [0.25, 0.3) is 5.91 Å². The van der Waals surface area contributed by atoms with E-state index in [-0.39, 0.29) is 5.91 Å². The highest BCUT2D eigenvalue weighted by Gasteiger charge is 2.10. The summed E-state index contributed by atoms with van der Waals surface area (Å²) in [5.74, 6) is 0.870. The van der Waals surface area contributed by atoms with Crippen LogP contribution in [0.5, 0.6) is 11.6 Å². The Bertz CT molecular complexity index is 1320. The van der Waals surface area contributed by atoms with Gasteiger partial charge in [-0.1, -0.05) is 30.3 Å². The van der Waals surface area contributed by atoms with Gasteiger partial charge in [-0.25, -0.2) is 9.97 Å². The van der Waals surface area contributed by atoms with Crippen LogP contribution in [0.1, 0.15) is 10.4 Å². The van der Waals surface area contributed by atoms with E-state index in [1.165, 1.54) is 6.20 Å².